The van der Waals surface area contributed by atoms with Gasteiger partial charge in [0.25, 0.3) is 0 Å². The number of alkyl halides is 1. The van der Waals surface area contributed by atoms with Gasteiger partial charge >= 0.3 is 0 Å². The van der Waals surface area contributed by atoms with Crippen molar-refractivity contribution in [3.8, 4) is 0 Å². The van der Waals surface area contributed by atoms with Crippen LogP contribution >= 0.6 is 11.6 Å². The highest BCUT2D eigenvalue weighted by Gasteiger charge is 1.98. The average Bonchev–Trinajstić information content (AvgIpc) is 1.27. The zero-order chi connectivity index (χ0) is 5.86. The molecule has 4 N–H and O–H groups in total. The van der Waals surface area contributed by atoms with Gasteiger partial charge in [-0.3, -0.25) is 4.79 Å². The highest BCUT2D eigenvalue weighted by molar-refractivity contribution is 6.21. The second-order valence-corrected chi connectivity index (χ2v) is 1.75. The molecule has 0 heterocycles. The van der Waals surface area contributed by atoms with E-state index in [0.717, 1.165) is 0 Å². The van der Waals surface area contributed by atoms with Crippen LogP contribution in [0, 0.1) is 0 Å². The smallest absolute Gasteiger partial charge is 0.220 e. The third kappa shape index (κ3) is 5.72. The Morgan fingerprint density at radius 2 is 2.29 bits per heavy atom. The summed E-state index contributed by atoms with van der Waals surface area (Å²) in [6.07, 6.45) is 0.0432. The summed E-state index contributed by atoms with van der Waals surface area (Å²) in [6.45, 7) is 0. The first-order valence-corrected chi connectivity index (χ1v) is 2.24. The lowest BCUT2D eigenvalue weighted by Gasteiger charge is -1.93. The van der Waals surface area contributed by atoms with Crippen LogP contribution in [0.25, 0.3) is 0 Å². The molecule has 0 fully saturated rings. The molecule has 0 aromatic heterocycles. The van der Waals surface area contributed by atoms with E-state index in [1.54, 1.807) is 0 Å². The topological polar surface area (TPSA) is 69.1 Å². The molecule has 4 heteroatoms. The molecule has 0 radical (unpaired) electrons. The fourth-order valence-corrected chi connectivity index (χ4v) is 0.344. The highest BCUT2D eigenvalue weighted by Crippen LogP contribution is 1.89. The van der Waals surface area contributed by atoms with Gasteiger partial charge in [0.15, 0.2) is 0 Å². The normalized spacial score (nSPS) is 13.4. The van der Waals surface area contributed by atoms with Crippen LogP contribution in [0.5, 0.6) is 0 Å². The van der Waals surface area contributed by atoms with Crippen LogP contribution in [-0.4, -0.2) is 11.4 Å². The summed E-state index contributed by atoms with van der Waals surface area (Å²) < 4.78 is 0. The molecule has 0 saturated carbocycles. The zero-order valence-corrected chi connectivity index (χ0v) is 4.48. The molecular weight excluding hydrogens is 115 g/mol. The Hall–Kier alpha value is -0.280. The molecule has 0 spiro atoms. The predicted octanol–water partition coefficient (Wildman–Crippen LogP) is -0.615. The molecule has 7 heavy (non-hydrogen) atoms. The Balaban J connectivity index is 3.13. The Morgan fingerprint density at radius 1 is 1.86 bits per heavy atom. The van der Waals surface area contributed by atoms with Crippen LogP contribution in [0.1, 0.15) is 6.42 Å². The summed E-state index contributed by atoms with van der Waals surface area (Å²) in [5.41, 5.74) is 9.02. The van der Waals surface area contributed by atoms with Gasteiger partial charge in [0.1, 0.15) is 0 Å². The number of carbonyl (C=O) groups excluding carboxylic acids is 1. The van der Waals surface area contributed by atoms with Gasteiger partial charge < -0.3 is 11.5 Å². The van der Waals surface area contributed by atoms with E-state index in [1.807, 2.05) is 0 Å². The Morgan fingerprint density at radius 3 is 2.29 bits per heavy atom. The maximum atomic E-state index is 9.87. The fourth-order valence-electron chi connectivity index (χ4n) is 0.192. The summed E-state index contributed by atoms with van der Waals surface area (Å²) in [6, 6.07) is 0. The van der Waals surface area contributed by atoms with Crippen LogP contribution in [0.4, 0.5) is 0 Å². The van der Waals surface area contributed by atoms with Crippen molar-refractivity contribution in [3.63, 3.8) is 0 Å². The maximum Gasteiger partial charge on any atom is 0.220 e. The molecule has 42 valence electrons. The monoisotopic (exact) mass is 122 g/mol. The highest BCUT2D eigenvalue weighted by atomic mass is 35.5. The van der Waals surface area contributed by atoms with E-state index in [-0.39, 0.29) is 6.42 Å². The van der Waals surface area contributed by atoms with Gasteiger partial charge in [-0.25, -0.2) is 0 Å². The largest absolute Gasteiger partial charge is 0.370 e. The molecular formula is C3H7ClN2O. The van der Waals surface area contributed by atoms with Crippen molar-refractivity contribution in [1.82, 2.24) is 0 Å². The Bertz CT molecular complexity index is 73.3. The molecule has 0 aliphatic carbocycles. The fraction of sp³-hybridized carbons (Fsp3) is 0.667. The van der Waals surface area contributed by atoms with Crippen molar-refractivity contribution in [2.45, 2.75) is 11.9 Å². The number of amides is 1. The number of nitrogens with two attached hydrogens (primary N) is 2. The van der Waals surface area contributed by atoms with Crippen molar-refractivity contribution in [3.05, 3.63) is 0 Å². The van der Waals surface area contributed by atoms with Crippen molar-refractivity contribution in [1.29, 1.82) is 0 Å². The number of carbonyl (C=O) groups is 1. The lowest BCUT2D eigenvalue weighted by atomic mass is 10.4. The van der Waals surface area contributed by atoms with E-state index in [1.165, 1.54) is 0 Å². The minimum absolute atomic E-state index is 0.0432. The van der Waals surface area contributed by atoms with Crippen LogP contribution in [0.15, 0.2) is 0 Å². The van der Waals surface area contributed by atoms with Crippen LogP contribution < -0.4 is 11.5 Å². The number of rotatable bonds is 2. The Kier molecular flexibility index (Phi) is 2.71. The van der Waals surface area contributed by atoms with Crippen molar-refractivity contribution >= 4 is 17.5 Å². The van der Waals surface area contributed by atoms with E-state index >= 15 is 0 Å². The minimum atomic E-state index is -0.627. The van der Waals surface area contributed by atoms with E-state index in [2.05, 4.69) is 5.73 Å². The molecule has 0 aliphatic rings. The van der Waals surface area contributed by atoms with E-state index in [4.69, 9.17) is 17.3 Å². The summed E-state index contributed by atoms with van der Waals surface area (Å²) in [5.74, 6) is -0.470. The lowest BCUT2D eigenvalue weighted by molar-refractivity contribution is -0.118. The van der Waals surface area contributed by atoms with Crippen molar-refractivity contribution < 1.29 is 4.79 Å². The van der Waals surface area contributed by atoms with Crippen LogP contribution in [-0.2, 0) is 4.79 Å². The standard InChI is InChI=1S/C3H7ClN2O/c4-2(5)1-3(6)7/h2H,1,5H2,(H2,6,7). The number of hydrogen-bond acceptors (Lipinski definition) is 2. The van der Waals surface area contributed by atoms with E-state index in [9.17, 15) is 4.79 Å². The van der Waals surface area contributed by atoms with Gasteiger partial charge in [-0.05, 0) is 0 Å². The predicted molar refractivity (Wildman–Crippen MR) is 27.6 cm³/mol. The first-order valence-electron chi connectivity index (χ1n) is 1.81. The van der Waals surface area contributed by atoms with E-state index in [0.29, 0.717) is 0 Å². The van der Waals surface area contributed by atoms with Gasteiger partial charge in [-0.15, -0.1) is 11.6 Å². The number of primary amides is 1. The van der Waals surface area contributed by atoms with Gasteiger partial charge in [0.05, 0.1) is 11.9 Å². The van der Waals surface area contributed by atoms with Crippen LogP contribution in [0.3, 0.4) is 0 Å². The summed E-state index contributed by atoms with van der Waals surface area (Å²) in [4.78, 5) is 9.87. The maximum absolute atomic E-state index is 9.87. The van der Waals surface area contributed by atoms with E-state index < -0.39 is 11.4 Å². The van der Waals surface area contributed by atoms with Gasteiger partial charge in [-0.1, -0.05) is 0 Å². The average molecular weight is 123 g/mol. The second-order valence-electron chi connectivity index (χ2n) is 1.19. The number of hydrogen-bond donors (Lipinski definition) is 2. The molecule has 0 rings (SSSR count). The summed E-state index contributed by atoms with van der Waals surface area (Å²) in [7, 11) is 0. The Labute approximate surface area is 46.6 Å². The summed E-state index contributed by atoms with van der Waals surface area (Å²) in [5, 5.41) is 0. The molecule has 3 nitrogen and oxygen atoms in total. The SMILES string of the molecule is NC(=O)CC(N)Cl. The molecule has 1 amide bonds. The quantitative estimate of drug-likeness (QED) is 0.379. The summed E-state index contributed by atoms with van der Waals surface area (Å²) >= 11 is 5.15. The third-order valence-corrected chi connectivity index (χ3v) is 0.550. The molecule has 0 bridgehead atoms. The molecule has 1 unspecified atom stereocenters. The minimum Gasteiger partial charge on any atom is -0.370 e. The zero-order valence-electron chi connectivity index (χ0n) is 3.73. The van der Waals surface area contributed by atoms with Crippen LogP contribution in [0.2, 0.25) is 0 Å². The third-order valence-electron chi connectivity index (χ3n) is 0.396. The van der Waals surface area contributed by atoms with Gasteiger partial charge in [0, 0.05) is 0 Å². The molecule has 0 saturated heterocycles. The van der Waals surface area contributed by atoms with Crippen molar-refractivity contribution in [2.75, 3.05) is 0 Å². The number of halogens is 1. The van der Waals surface area contributed by atoms with Gasteiger partial charge in [-0.2, -0.15) is 0 Å². The van der Waals surface area contributed by atoms with Gasteiger partial charge in [0.2, 0.25) is 5.91 Å². The molecule has 0 aliphatic heterocycles. The second kappa shape index (κ2) is 2.82. The lowest BCUT2D eigenvalue weighted by Crippen LogP contribution is -2.22. The molecule has 0 aromatic rings. The molecule has 1 atom stereocenters. The first kappa shape index (κ1) is 6.72. The first-order chi connectivity index (χ1) is 3.13. The van der Waals surface area contributed by atoms with Crippen molar-refractivity contribution in [2.24, 2.45) is 11.5 Å². The molecule has 0 aromatic carbocycles.